The van der Waals surface area contributed by atoms with Gasteiger partial charge in [0.1, 0.15) is 11.3 Å². The summed E-state index contributed by atoms with van der Waals surface area (Å²) in [7, 11) is 1.66. The van der Waals surface area contributed by atoms with E-state index in [1.165, 1.54) is 5.56 Å². The molecule has 1 saturated heterocycles. The third kappa shape index (κ3) is 3.12. The van der Waals surface area contributed by atoms with Gasteiger partial charge < -0.3 is 19.1 Å². The lowest BCUT2D eigenvalue weighted by molar-refractivity contribution is 0.0745. The molecule has 1 fully saturated rings. The summed E-state index contributed by atoms with van der Waals surface area (Å²) in [5.74, 6) is 0.674. The Morgan fingerprint density at radius 2 is 1.73 bits per heavy atom. The van der Waals surface area contributed by atoms with Crippen LogP contribution in [0.25, 0.3) is 10.9 Å². The molecule has 1 aromatic heterocycles. The van der Waals surface area contributed by atoms with Crippen molar-refractivity contribution in [2.24, 2.45) is 0 Å². The van der Waals surface area contributed by atoms with Crippen LogP contribution in [0.3, 0.4) is 0 Å². The van der Waals surface area contributed by atoms with Crippen molar-refractivity contribution in [3.8, 4) is 5.75 Å². The minimum atomic E-state index is -0.156. The van der Waals surface area contributed by atoms with E-state index in [0.717, 1.165) is 49.4 Å². The topological polar surface area (TPSA) is 54.8 Å². The Bertz CT molecular complexity index is 1160. The number of ether oxygens (including phenoxy) is 1. The summed E-state index contributed by atoms with van der Waals surface area (Å²) in [4.78, 5) is 30.4. The van der Waals surface area contributed by atoms with E-state index in [1.807, 2.05) is 41.3 Å². The number of methoxy groups -OCH3 is 1. The second-order valence-electron chi connectivity index (χ2n) is 7.96. The molecule has 2 aromatic carbocycles. The second kappa shape index (κ2) is 7.52. The third-order valence-electron chi connectivity index (χ3n) is 6.26. The number of amides is 1. The van der Waals surface area contributed by atoms with Crippen LogP contribution in [0.1, 0.15) is 22.3 Å². The van der Waals surface area contributed by atoms with Crippen LogP contribution < -0.4 is 15.1 Å². The first-order valence-corrected chi connectivity index (χ1v) is 10.5. The molecule has 0 unspecified atom stereocenters. The van der Waals surface area contributed by atoms with E-state index in [2.05, 4.69) is 15.5 Å². The fraction of sp³-hybridized carbons (Fsp3) is 0.333. The van der Waals surface area contributed by atoms with Crippen LogP contribution >= 0.6 is 0 Å². The highest BCUT2D eigenvalue weighted by Gasteiger charge is 2.26. The molecule has 0 spiro atoms. The highest BCUT2D eigenvalue weighted by molar-refractivity contribution is 5.98. The van der Waals surface area contributed by atoms with Gasteiger partial charge >= 0.3 is 0 Å². The lowest BCUT2D eigenvalue weighted by Gasteiger charge is -2.36. The van der Waals surface area contributed by atoms with E-state index in [1.54, 1.807) is 13.3 Å². The Morgan fingerprint density at radius 1 is 0.967 bits per heavy atom. The van der Waals surface area contributed by atoms with Gasteiger partial charge in [-0.05, 0) is 48.7 Å². The van der Waals surface area contributed by atoms with Crippen molar-refractivity contribution < 1.29 is 9.53 Å². The van der Waals surface area contributed by atoms with Gasteiger partial charge in [-0.25, -0.2) is 0 Å². The SMILES string of the molecule is COc1ccc(N2CCN(C(=O)c3cn4c5c(cccc5c3=O)CCC4)CC2)cc1. The number of aromatic nitrogens is 1. The van der Waals surface area contributed by atoms with Gasteiger partial charge in [0.25, 0.3) is 5.91 Å². The maximum Gasteiger partial charge on any atom is 0.259 e. The highest BCUT2D eigenvalue weighted by atomic mass is 16.5. The summed E-state index contributed by atoms with van der Waals surface area (Å²) in [6.07, 6.45) is 3.80. The number of carbonyl (C=O) groups is 1. The van der Waals surface area contributed by atoms with E-state index in [0.29, 0.717) is 24.0 Å². The predicted octanol–water partition coefficient (Wildman–Crippen LogP) is 2.92. The number of para-hydroxylation sites is 1. The summed E-state index contributed by atoms with van der Waals surface area (Å²) in [6, 6.07) is 13.8. The van der Waals surface area contributed by atoms with Gasteiger partial charge in [-0.15, -0.1) is 0 Å². The molecule has 0 N–H and O–H groups in total. The number of carbonyl (C=O) groups excluding carboxylic acids is 1. The maximum absolute atomic E-state index is 13.2. The predicted molar refractivity (Wildman–Crippen MR) is 118 cm³/mol. The Labute approximate surface area is 175 Å². The quantitative estimate of drug-likeness (QED) is 0.675. The molecule has 2 aliphatic heterocycles. The maximum atomic E-state index is 13.2. The molecule has 0 radical (unpaired) electrons. The van der Waals surface area contributed by atoms with E-state index in [9.17, 15) is 9.59 Å². The molecule has 6 nitrogen and oxygen atoms in total. The standard InChI is InChI=1S/C24H25N3O3/c1-30-19-9-7-18(8-10-19)25-12-14-26(15-13-25)24(29)21-16-27-11-3-5-17-4-2-6-20(22(17)27)23(21)28/h2,4,6-10,16H,3,5,11-15H2,1H3. The zero-order valence-electron chi connectivity index (χ0n) is 17.1. The third-order valence-corrected chi connectivity index (χ3v) is 6.26. The van der Waals surface area contributed by atoms with Gasteiger partial charge in [0.2, 0.25) is 5.43 Å². The van der Waals surface area contributed by atoms with Gasteiger partial charge in [0.15, 0.2) is 0 Å². The molecule has 0 aliphatic carbocycles. The van der Waals surface area contributed by atoms with Crippen LogP contribution in [0.2, 0.25) is 0 Å². The number of aryl methyl sites for hydroxylation is 2. The molecule has 6 heteroatoms. The Morgan fingerprint density at radius 3 is 2.47 bits per heavy atom. The van der Waals surface area contributed by atoms with E-state index in [-0.39, 0.29) is 11.3 Å². The number of benzene rings is 2. The molecule has 3 heterocycles. The van der Waals surface area contributed by atoms with Crippen LogP contribution in [-0.2, 0) is 13.0 Å². The first kappa shape index (κ1) is 18.7. The van der Waals surface area contributed by atoms with Crippen LogP contribution in [0, 0.1) is 0 Å². The Balaban J connectivity index is 1.38. The average Bonchev–Trinajstić information content (AvgIpc) is 2.81. The van der Waals surface area contributed by atoms with Crippen LogP contribution in [0.4, 0.5) is 5.69 Å². The number of piperazine rings is 1. The zero-order chi connectivity index (χ0) is 20.7. The molecule has 30 heavy (non-hydrogen) atoms. The fourth-order valence-corrected chi connectivity index (χ4v) is 4.64. The minimum Gasteiger partial charge on any atom is -0.497 e. The van der Waals surface area contributed by atoms with Crippen LogP contribution in [0.5, 0.6) is 5.75 Å². The fourth-order valence-electron chi connectivity index (χ4n) is 4.64. The van der Waals surface area contributed by atoms with Crippen molar-refractivity contribution in [3.63, 3.8) is 0 Å². The smallest absolute Gasteiger partial charge is 0.259 e. The lowest BCUT2D eigenvalue weighted by atomic mass is 9.99. The first-order valence-electron chi connectivity index (χ1n) is 10.5. The summed E-state index contributed by atoms with van der Waals surface area (Å²) in [5, 5.41) is 0.662. The number of rotatable bonds is 3. The van der Waals surface area contributed by atoms with Gasteiger partial charge in [-0.3, -0.25) is 9.59 Å². The highest BCUT2D eigenvalue weighted by Crippen LogP contribution is 2.24. The van der Waals surface area contributed by atoms with Gasteiger partial charge in [0.05, 0.1) is 12.6 Å². The monoisotopic (exact) mass is 403 g/mol. The molecule has 2 aliphatic rings. The second-order valence-corrected chi connectivity index (χ2v) is 7.96. The number of pyridine rings is 1. The summed E-state index contributed by atoms with van der Waals surface area (Å²) in [6.45, 7) is 3.53. The van der Waals surface area contributed by atoms with Crippen molar-refractivity contribution in [1.29, 1.82) is 0 Å². The molecule has 154 valence electrons. The molecule has 0 atom stereocenters. The largest absolute Gasteiger partial charge is 0.497 e. The van der Waals surface area contributed by atoms with E-state index >= 15 is 0 Å². The lowest BCUT2D eigenvalue weighted by Crippen LogP contribution is -2.49. The Hall–Kier alpha value is -3.28. The number of hydrogen-bond donors (Lipinski definition) is 0. The molecule has 1 amide bonds. The molecular formula is C24H25N3O3. The van der Waals surface area contributed by atoms with Gasteiger partial charge in [-0.2, -0.15) is 0 Å². The van der Waals surface area contributed by atoms with Crippen LogP contribution in [0.15, 0.2) is 53.5 Å². The number of nitrogens with zero attached hydrogens (tertiary/aromatic N) is 3. The number of anilines is 1. The average molecular weight is 403 g/mol. The first-order chi connectivity index (χ1) is 14.7. The summed E-state index contributed by atoms with van der Waals surface area (Å²) in [5.41, 5.74) is 3.45. The summed E-state index contributed by atoms with van der Waals surface area (Å²) >= 11 is 0. The van der Waals surface area contributed by atoms with Crippen molar-refractivity contribution in [3.05, 3.63) is 70.0 Å². The van der Waals surface area contributed by atoms with E-state index < -0.39 is 0 Å². The number of hydrogen-bond acceptors (Lipinski definition) is 4. The zero-order valence-corrected chi connectivity index (χ0v) is 17.1. The van der Waals surface area contributed by atoms with Crippen molar-refractivity contribution in [2.45, 2.75) is 19.4 Å². The molecule has 0 bridgehead atoms. The Kier molecular flexibility index (Phi) is 4.69. The molecular weight excluding hydrogens is 378 g/mol. The van der Waals surface area contributed by atoms with Gasteiger partial charge in [0, 0.05) is 50.0 Å². The normalized spacial score (nSPS) is 16.0. The van der Waals surface area contributed by atoms with Crippen molar-refractivity contribution in [1.82, 2.24) is 9.47 Å². The molecule has 0 saturated carbocycles. The van der Waals surface area contributed by atoms with Gasteiger partial charge in [-0.1, -0.05) is 12.1 Å². The van der Waals surface area contributed by atoms with Crippen molar-refractivity contribution in [2.75, 3.05) is 38.2 Å². The van der Waals surface area contributed by atoms with Crippen LogP contribution in [-0.4, -0.2) is 48.7 Å². The van der Waals surface area contributed by atoms with E-state index in [4.69, 9.17) is 4.74 Å². The summed E-state index contributed by atoms with van der Waals surface area (Å²) < 4.78 is 7.32. The molecule has 5 rings (SSSR count). The minimum absolute atomic E-state index is 0.146. The van der Waals surface area contributed by atoms with Crippen molar-refractivity contribution >= 4 is 22.5 Å². The molecule has 3 aromatic rings.